The van der Waals surface area contributed by atoms with Crippen LogP contribution in [-0.4, -0.2) is 66.9 Å². The van der Waals surface area contributed by atoms with Gasteiger partial charge in [-0.15, -0.1) is 0 Å². The summed E-state index contributed by atoms with van der Waals surface area (Å²) in [6, 6.07) is 13.9. The van der Waals surface area contributed by atoms with E-state index >= 15 is 0 Å². The number of carbonyl (C=O) groups is 1. The number of piperazine rings is 1. The van der Waals surface area contributed by atoms with Gasteiger partial charge in [-0.25, -0.2) is 9.31 Å². The molecule has 2 aromatic heterocycles. The fraction of sp³-hybridized carbons (Fsp3) is 0.391. The summed E-state index contributed by atoms with van der Waals surface area (Å²) < 4.78 is 9.88. The minimum absolute atomic E-state index is 0.167. The summed E-state index contributed by atoms with van der Waals surface area (Å²) in [5.74, 6) is 0.931. The van der Waals surface area contributed by atoms with Crippen molar-refractivity contribution in [3.05, 3.63) is 54.9 Å². The number of hydrogen-bond acceptors (Lipinski definition) is 5. The monoisotopic (exact) mass is 500 g/mol. The summed E-state index contributed by atoms with van der Waals surface area (Å²) in [5.41, 5.74) is 2.99. The molecule has 0 saturated carbocycles. The first-order valence-corrected chi connectivity index (χ1v) is 11.7. The normalized spacial score (nSPS) is 14.5. The molecule has 170 valence electrons. The molecule has 0 radical (unpaired) electrons. The third kappa shape index (κ3) is 5.16. The van der Waals surface area contributed by atoms with Crippen LogP contribution in [0.25, 0.3) is 5.52 Å². The number of pyridine rings is 1. The Morgan fingerprint density at radius 3 is 2.75 bits per heavy atom. The number of para-hydroxylation sites is 2. The van der Waals surface area contributed by atoms with E-state index in [1.54, 1.807) is 22.7 Å². The van der Waals surface area contributed by atoms with Gasteiger partial charge in [0.25, 0.3) is 0 Å². The predicted molar refractivity (Wildman–Crippen MR) is 131 cm³/mol. The number of benzene rings is 1. The number of ether oxygens (including phenoxy) is 1. The summed E-state index contributed by atoms with van der Waals surface area (Å²) in [6.07, 6.45) is 5.59. The first-order chi connectivity index (χ1) is 15.7. The first kappa shape index (κ1) is 22.4. The fourth-order valence-corrected chi connectivity index (χ4v) is 4.40. The van der Waals surface area contributed by atoms with Crippen molar-refractivity contribution in [1.82, 2.24) is 18.9 Å². The van der Waals surface area contributed by atoms with Gasteiger partial charge in [-0.1, -0.05) is 12.1 Å². The van der Waals surface area contributed by atoms with E-state index in [0.717, 1.165) is 62.5 Å². The minimum atomic E-state index is -0.167. The van der Waals surface area contributed by atoms with E-state index in [4.69, 9.17) is 4.74 Å². The molecular weight excluding hydrogens is 472 g/mol. The number of amides is 2. The molecule has 1 N–H and O–H groups in total. The zero-order chi connectivity index (χ0) is 22.3. The summed E-state index contributed by atoms with van der Waals surface area (Å²) in [6.45, 7) is 5.73. The van der Waals surface area contributed by atoms with Gasteiger partial charge in [-0.3, -0.25) is 14.1 Å². The highest BCUT2D eigenvalue weighted by Gasteiger charge is 2.20. The molecule has 1 aliphatic heterocycles. The van der Waals surface area contributed by atoms with Gasteiger partial charge in [0.05, 0.1) is 34.5 Å². The lowest BCUT2D eigenvalue weighted by molar-refractivity contribution is 0.247. The highest BCUT2D eigenvalue weighted by atomic mass is 79.9. The number of fused-ring (bicyclic) bond motifs is 1. The van der Waals surface area contributed by atoms with Gasteiger partial charge in [0.2, 0.25) is 0 Å². The van der Waals surface area contributed by atoms with Crippen molar-refractivity contribution >= 4 is 39.1 Å². The van der Waals surface area contributed by atoms with Gasteiger partial charge in [0, 0.05) is 50.8 Å². The summed E-state index contributed by atoms with van der Waals surface area (Å²) >= 11 is 3.08. The van der Waals surface area contributed by atoms with Crippen molar-refractivity contribution in [1.29, 1.82) is 0 Å². The number of aromatic nitrogens is 2. The van der Waals surface area contributed by atoms with Crippen molar-refractivity contribution < 1.29 is 9.53 Å². The Labute approximate surface area is 197 Å². The van der Waals surface area contributed by atoms with E-state index in [-0.39, 0.29) is 6.03 Å². The minimum Gasteiger partial charge on any atom is -0.495 e. The van der Waals surface area contributed by atoms with E-state index in [1.807, 2.05) is 36.5 Å². The molecule has 0 unspecified atom stereocenters. The molecule has 4 rings (SSSR count). The number of urea groups is 1. The molecule has 0 spiro atoms. The van der Waals surface area contributed by atoms with Gasteiger partial charge in [-0.2, -0.15) is 5.10 Å². The van der Waals surface area contributed by atoms with Crippen molar-refractivity contribution in [3.63, 3.8) is 0 Å². The molecule has 2 amide bonds. The number of rotatable bonds is 8. The highest BCUT2D eigenvalue weighted by molar-refractivity contribution is 9.08. The van der Waals surface area contributed by atoms with Gasteiger partial charge >= 0.3 is 6.03 Å². The van der Waals surface area contributed by atoms with E-state index < -0.39 is 0 Å². The quantitative estimate of drug-likeness (QED) is 0.376. The summed E-state index contributed by atoms with van der Waals surface area (Å²) in [4.78, 5) is 19.1. The molecule has 1 aliphatic rings. The number of carbonyl (C=O) groups excluding carboxylic acids is 1. The largest absolute Gasteiger partial charge is 0.495 e. The molecule has 8 nitrogen and oxygen atoms in total. The Morgan fingerprint density at radius 2 is 1.97 bits per heavy atom. The SMILES string of the molecule is COc1ccccc1N1CCN(CCCCN(C(=O)NBr)c2ccn3nccc3c2)CC1. The van der Waals surface area contributed by atoms with E-state index in [1.165, 1.54) is 5.69 Å². The maximum absolute atomic E-state index is 12.4. The lowest BCUT2D eigenvalue weighted by atomic mass is 10.2. The lowest BCUT2D eigenvalue weighted by Crippen LogP contribution is -2.46. The Hall–Kier alpha value is -2.78. The van der Waals surface area contributed by atoms with Crippen LogP contribution in [0, 0.1) is 0 Å². The van der Waals surface area contributed by atoms with Crippen LogP contribution in [0.5, 0.6) is 5.75 Å². The van der Waals surface area contributed by atoms with E-state index in [0.29, 0.717) is 6.54 Å². The molecule has 3 aromatic rings. The molecule has 3 heterocycles. The van der Waals surface area contributed by atoms with Crippen molar-refractivity contribution in [2.75, 3.05) is 56.2 Å². The molecule has 1 aromatic carbocycles. The van der Waals surface area contributed by atoms with E-state index in [2.05, 4.69) is 47.5 Å². The number of unbranched alkanes of at least 4 members (excludes halogenated alkanes) is 1. The average Bonchev–Trinajstić information content (AvgIpc) is 3.32. The third-order valence-electron chi connectivity index (χ3n) is 5.93. The van der Waals surface area contributed by atoms with Gasteiger partial charge < -0.3 is 9.64 Å². The van der Waals surface area contributed by atoms with E-state index in [9.17, 15) is 4.79 Å². The number of methoxy groups -OCH3 is 1. The van der Waals surface area contributed by atoms with Crippen LogP contribution in [0.15, 0.2) is 54.9 Å². The maximum Gasteiger partial charge on any atom is 0.331 e. The molecule has 1 saturated heterocycles. The fourth-order valence-electron chi connectivity index (χ4n) is 4.19. The first-order valence-electron chi connectivity index (χ1n) is 10.9. The second-order valence-corrected chi connectivity index (χ2v) is 8.24. The number of halogens is 1. The Bertz CT molecular complexity index is 1030. The van der Waals surface area contributed by atoms with Crippen LogP contribution in [0.3, 0.4) is 0 Å². The molecule has 1 fully saturated rings. The van der Waals surface area contributed by atoms with Crippen LogP contribution in [0.2, 0.25) is 0 Å². The number of anilines is 2. The smallest absolute Gasteiger partial charge is 0.331 e. The van der Waals surface area contributed by atoms with Gasteiger partial charge in [0.1, 0.15) is 5.75 Å². The van der Waals surface area contributed by atoms with Gasteiger partial charge in [0.15, 0.2) is 0 Å². The average molecular weight is 501 g/mol. The maximum atomic E-state index is 12.4. The number of hydrogen-bond donors (Lipinski definition) is 1. The topological polar surface area (TPSA) is 65.4 Å². The standard InChI is InChI=1S/C23H29BrN6O2/c1-32-22-7-3-2-6-21(22)28-16-14-27(15-17-28)11-4-5-12-29(23(31)26-24)19-9-13-30-20(18-19)8-10-25-30/h2-3,6-10,13,18H,4-5,11-12,14-17H2,1H3,(H,26,31). The zero-order valence-corrected chi connectivity index (χ0v) is 19.9. The Kier molecular flexibility index (Phi) is 7.49. The zero-order valence-electron chi connectivity index (χ0n) is 18.3. The van der Waals surface area contributed by atoms with Gasteiger partial charge in [-0.05, 0) is 49.7 Å². The van der Waals surface area contributed by atoms with Crippen LogP contribution in [0.1, 0.15) is 12.8 Å². The second kappa shape index (κ2) is 10.7. The molecule has 0 atom stereocenters. The predicted octanol–water partition coefficient (Wildman–Crippen LogP) is 3.77. The lowest BCUT2D eigenvalue weighted by Gasteiger charge is -2.36. The van der Waals surface area contributed by atoms with Crippen molar-refractivity contribution in [3.8, 4) is 5.75 Å². The van der Waals surface area contributed by atoms with Crippen LogP contribution >= 0.6 is 16.1 Å². The number of nitrogens with zero attached hydrogens (tertiary/aromatic N) is 5. The second-order valence-electron chi connectivity index (χ2n) is 7.84. The summed E-state index contributed by atoms with van der Waals surface area (Å²) in [7, 11) is 1.72. The molecule has 0 bridgehead atoms. The van der Waals surface area contributed by atoms with Crippen LogP contribution in [-0.2, 0) is 0 Å². The molecule has 9 heteroatoms. The highest BCUT2D eigenvalue weighted by Crippen LogP contribution is 2.28. The Morgan fingerprint density at radius 1 is 1.16 bits per heavy atom. The summed E-state index contributed by atoms with van der Waals surface area (Å²) in [5, 5.41) is 4.22. The van der Waals surface area contributed by atoms with Crippen LogP contribution in [0.4, 0.5) is 16.2 Å². The van der Waals surface area contributed by atoms with Crippen molar-refractivity contribution in [2.24, 2.45) is 0 Å². The van der Waals surface area contributed by atoms with Crippen LogP contribution < -0.4 is 18.9 Å². The number of nitrogens with one attached hydrogen (secondary N) is 1. The molecule has 32 heavy (non-hydrogen) atoms. The third-order valence-corrected chi connectivity index (χ3v) is 6.26. The Balaban J connectivity index is 1.26. The molecule has 0 aliphatic carbocycles. The molecular formula is C23H29BrN6O2. The van der Waals surface area contributed by atoms with Crippen molar-refractivity contribution in [2.45, 2.75) is 12.8 Å².